The Morgan fingerprint density at radius 1 is 1.03 bits per heavy atom. The monoisotopic (exact) mass is 558 g/mol. The third-order valence-corrected chi connectivity index (χ3v) is 7.87. The van der Waals surface area contributed by atoms with E-state index in [0.29, 0.717) is 18.5 Å². The molecule has 35 heavy (non-hydrogen) atoms. The summed E-state index contributed by atoms with van der Waals surface area (Å²) in [5.41, 5.74) is 2.11. The maximum absolute atomic E-state index is 12.7. The number of carbonyl (C=O) groups is 2. The molecule has 0 unspecified atom stereocenters. The molecule has 2 heterocycles. The van der Waals surface area contributed by atoms with Gasteiger partial charge in [0.2, 0.25) is 15.9 Å². The van der Waals surface area contributed by atoms with Crippen molar-refractivity contribution in [3.63, 3.8) is 0 Å². The first kappa shape index (κ1) is 24.7. The Morgan fingerprint density at radius 2 is 1.77 bits per heavy atom. The van der Waals surface area contributed by atoms with Gasteiger partial charge in [-0.25, -0.2) is 13.4 Å². The van der Waals surface area contributed by atoms with Gasteiger partial charge in [-0.05, 0) is 58.1 Å². The second-order valence-corrected chi connectivity index (χ2v) is 10.8. The molecule has 2 amide bonds. The largest absolute Gasteiger partial charge is 0.504 e. The van der Waals surface area contributed by atoms with Crippen LogP contribution < -0.4 is 14.9 Å². The van der Waals surface area contributed by atoms with E-state index in [9.17, 15) is 23.1 Å². The van der Waals surface area contributed by atoms with Crippen LogP contribution in [0.4, 0.5) is 11.5 Å². The molecule has 1 aromatic heterocycles. The first-order valence-electron chi connectivity index (χ1n) is 10.9. The van der Waals surface area contributed by atoms with Crippen LogP contribution in [0.25, 0.3) is 11.1 Å². The summed E-state index contributed by atoms with van der Waals surface area (Å²) in [6, 6.07) is 18.3. The summed E-state index contributed by atoms with van der Waals surface area (Å²) < 4.78 is 26.1. The smallest absolute Gasteiger partial charge is 0.274 e. The van der Waals surface area contributed by atoms with Gasteiger partial charge >= 0.3 is 0 Å². The molecule has 11 heteroatoms. The summed E-state index contributed by atoms with van der Waals surface area (Å²) >= 11 is 3.15. The number of rotatable bonds is 6. The van der Waals surface area contributed by atoms with Crippen molar-refractivity contribution in [1.29, 1.82) is 0 Å². The van der Waals surface area contributed by atoms with Crippen molar-refractivity contribution in [2.45, 2.75) is 12.8 Å². The minimum atomic E-state index is -3.56. The molecule has 0 atom stereocenters. The van der Waals surface area contributed by atoms with E-state index in [0.717, 1.165) is 15.4 Å². The predicted molar refractivity (Wildman–Crippen MR) is 137 cm³/mol. The highest BCUT2D eigenvalue weighted by molar-refractivity contribution is 9.10. The molecule has 0 aliphatic carbocycles. The molecule has 1 aliphatic rings. The zero-order valence-corrected chi connectivity index (χ0v) is 21.0. The number of anilines is 2. The lowest BCUT2D eigenvalue weighted by molar-refractivity contribution is -0.115. The highest BCUT2D eigenvalue weighted by Gasteiger charge is 2.29. The summed E-state index contributed by atoms with van der Waals surface area (Å²) in [6.07, 6.45) is 1.21. The lowest BCUT2D eigenvalue weighted by atomic mass is 10.1. The Kier molecular flexibility index (Phi) is 7.37. The number of aromatic nitrogens is 1. The Labute approximate surface area is 211 Å². The molecule has 0 radical (unpaired) electrons. The summed E-state index contributed by atoms with van der Waals surface area (Å²) in [5, 5.41) is 15.5. The standard InChI is InChI=1S/C24H23BrN4O5S/c25-19-14-20(29-11-4-5-12-35(29,33)34)28-22(23(19)31)24(32)26-15-21(30)27-18-10-6-9-17(13-18)16-7-2-1-3-8-16/h1-3,6-10,13-14,31H,4-5,11-12,15H2,(H,26,32)(H,27,30). The molecule has 9 nitrogen and oxygen atoms in total. The molecule has 1 aliphatic heterocycles. The van der Waals surface area contributed by atoms with Gasteiger partial charge in [-0.3, -0.25) is 13.9 Å². The van der Waals surface area contributed by atoms with Crippen LogP contribution in [0.15, 0.2) is 65.1 Å². The van der Waals surface area contributed by atoms with E-state index in [1.165, 1.54) is 6.07 Å². The van der Waals surface area contributed by atoms with Crippen LogP contribution >= 0.6 is 15.9 Å². The van der Waals surface area contributed by atoms with Gasteiger partial charge in [0.25, 0.3) is 5.91 Å². The molecule has 4 rings (SSSR count). The molecule has 3 N–H and O–H groups in total. The van der Waals surface area contributed by atoms with Crippen LogP contribution in [-0.2, 0) is 14.8 Å². The van der Waals surface area contributed by atoms with E-state index in [-0.39, 0.29) is 34.8 Å². The van der Waals surface area contributed by atoms with Gasteiger partial charge < -0.3 is 15.7 Å². The zero-order chi connectivity index (χ0) is 25.0. The predicted octanol–water partition coefficient (Wildman–Crippen LogP) is 3.52. The van der Waals surface area contributed by atoms with Gasteiger partial charge in [0, 0.05) is 12.2 Å². The molecule has 1 saturated heterocycles. The van der Waals surface area contributed by atoms with E-state index in [1.807, 2.05) is 48.5 Å². The molecule has 0 saturated carbocycles. The Bertz CT molecular complexity index is 1370. The van der Waals surface area contributed by atoms with Crippen LogP contribution in [0.5, 0.6) is 5.75 Å². The lowest BCUT2D eigenvalue weighted by Crippen LogP contribution is -2.39. The SMILES string of the molecule is O=C(CNC(=O)c1nc(N2CCCCS2(=O)=O)cc(Br)c1O)Nc1cccc(-c2ccccc2)c1. The van der Waals surface area contributed by atoms with Crippen molar-refractivity contribution >= 4 is 49.3 Å². The van der Waals surface area contributed by atoms with Gasteiger partial charge in [-0.2, -0.15) is 0 Å². The number of hydrogen-bond acceptors (Lipinski definition) is 6. The van der Waals surface area contributed by atoms with Crippen LogP contribution in [0.2, 0.25) is 0 Å². The third kappa shape index (κ3) is 5.80. The summed E-state index contributed by atoms with van der Waals surface area (Å²) in [4.78, 5) is 29.2. The van der Waals surface area contributed by atoms with Crippen molar-refractivity contribution in [2.75, 3.05) is 28.5 Å². The minimum Gasteiger partial charge on any atom is -0.504 e. The third-order valence-electron chi connectivity index (χ3n) is 5.42. The number of hydrogen-bond donors (Lipinski definition) is 3. The van der Waals surface area contributed by atoms with E-state index in [2.05, 4.69) is 31.5 Å². The quantitative estimate of drug-likeness (QED) is 0.424. The number of aromatic hydroxyl groups is 1. The fourth-order valence-electron chi connectivity index (χ4n) is 3.68. The normalized spacial score (nSPS) is 14.8. The molecular weight excluding hydrogens is 536 g/mol. The number of pyridine rings is 1. The number of nitrogens with one attached hydrogen (secondary N) is 2. The molecule has 182 valence electrons. The van der Waals surface area contributed by atoms with E-state index in [1.54, 1.807) is 6.07 Å². The maximum Gasteiger partial charge on any atom is 0.274 e. The first-order chi connectivity index (χ1) is 16.7. The van der Waals surface area contributed by atoms with Crippen molar-refractivity contribution < 1.29 is 23.1 Å². The fourth-order valence-corrected chi connectivity index (χ4v) is 5.65. The number of amides is 2. The second kappa shape index (κ2) is 10.4. The van der Waals surface area contributed by atoms with Crippen LogP contribution in [0, 0.1) is 0 Å². The second-order valence-electron chi connectivity index (χ2n) is 7.93. The topological polar surface area (TPSA) is 129 Å². The van der Waals surface area contributed by atoms with Crippen LogP contribution in [0.1, 0.15) is 23.3 Å². The number of sulfonamides is 1. The minimum absolute atomic E-state index is 0.0135. The lowest BCUT2D eigenvalue weighted by Gasteiger charge is -2.27. The van der Waals surface area contributed by atoms with E-state index in [4.69, 9.17) is 0 Å². The average Bonchev–Trinajstić information content (AvgIpc) is 2.84. The molecule has 0 bridgehead atoms. The Hall–Kier alpha value is -3.44. The number of benzene rings is 2. The van der Waals surface area contributed by atoms with Crippen molar-refractivity contribution in [3.8, 4) is 16.9 Å². The van der Waals surface area contributed by atoms with Crippen LogP contribution in [0.3, 0.4) is 0 Å². The summed E-state index contributed by atoms with van der Waals surface area (Å²) in [7, 11) is -3.56. The number of nitrogens with zero attached hydrogens (tertiary/aromatic N) is 2. The Balaban J connectivity index is 1.44. The fraction of sp³-hybridized carbons (Fsp3) is 0.208. The highest BCUT2D eigenvalue weighted by Crippen LogP contribution is 2.32. The van der Waals surface area contributed by atoms with Crippen LogP contribution in [-0.4, -0.2) is 49.2 Å². The molecule has 3 aromatic rings. The first-order valence-corrected chi connectivity index (χ1v) is 13.3. The van der Waals surface area contributed by atoms with Gasteiger partial charge in [-0.15, -0.1) is 0 Å². The van der Waals surface area contributed by atoms with Gasteiger partial charge in [0.1, 0.15) is 5.82 Å². The van der Waals surface area contributed by atoms with Gasteiger partial charge in [-0.1, -0.05) is 42.5 Å². The molecule has 0 spiro atoms. The van der Waals surface area contributed by atoms with E-state index >= 15 is 0 Å². The van der Waals surface area contributed by atoms with E-state index < -0.39 is 27.6 Å². The number of halogens is 1. The zero-order valence-electron chi connectivity index (χ0n) is 18.6. The Morgan fingerprint density at radius 3 is 2.51 bits per heavy atom. The maximum atomic E-state index is 12.7. The molecule has 1 fully saturated rings. The molecular formula is C24H23BrN4O5S. The van der Waals surface area contributed by atoms with Crippen molar-refractivity contribution in [2.24, 2.45) is 0 Å². The highest BCUT2D eigenvalue weighted by atomic mass is 79.9. The van der Waals surface area contributed by atoms with Gasteiger partial charge in [0.05, 0.1) is 16.8 Å². The summed E-state index contributed by atoms with van der Waals surface area (Å²) in [6.45, 7) is -0.141. The number of carbonyl (C=O) groups excluding carboxylic acids is 2. The van der Waals surface area contributed by atoms with Crippen molar-refractivity contribution in [1.82, 2.24) is 10.3 Å². The average molecular weight is 559 g/mol. The van der Waals surface area contributed by atoms with Crippen molar-refractivity contribution in [3.05, 3.63) is 70.8 Å². The summed E-state index contributed by atoms with van der Waals surface area (Å²) in [5.74, 6) is -1.72. The van der Waals surface area contributed by atoms with Gasteiger partial charge in [0.15, 0.2) is 11.4 Å². The molecule has 2 aromatic carbocycles.